The van der Waals surface area contributed by atoms with E-state index in [1.807, 2.05) is 0 Å². The number of rotatable bonds is 16. The van der Waals surface area contributed by atoms with Crippen molar-refractivity contribution in [3.63, 3.8) is 0 Å². The molecule has 14 N–H and O–H groups in total. The molecule has 314 valence electrons. The van der Waals surface area contributed by atoms with Crippen LogP contribution < -0.4 is 10.6 Å². The van der Waals surface area contributed by atoms with E-state index in [4.69, 9.17) is 37.9 Å². The van der Waals surface area contributed by atoms with Gasteiger partial charge in [0.2, 0.25) is 12.3 Å². The number of hydrogen-bond donors (Lipinski definition) is 14. The van der Waals surface area contributed by atoms with E-state index in [2.05, 4.69) is 10.6 Å². The molecule has 4 aliphatic heterocycles. The van der Waals surface area contributed by atoms with Crippen LogP contribution in [0.4, 0.5) is 0 Å². The van der Waals surface area contributed by atoms with Gasteiger partial charge in [0.05, 0.1) is 45.2 Å². The molecule has 0 aromatic rings. The minimum atomic E-state index is -1.99. The van der Waals surface area contributed by atoms with Gasteiger partial charge in [-0.15, -0.1) is 0 Å². The zero-order chi connectivity index (χ0) is 40.0. The highest BCUT2D eigenvalue weighted by atomic mass is 16.8. The average molecular weight is 793 g/mol. The maximum Gasteiger partial charge on any atom is 0.217 e. The van der Waals surface area contributed by atoms with Crippen LogP contribution in [-0.4, -0.2) is 235 Å². The molecule has 0 saturated carbocycles. The van der Waals surface area contributed by atoms with Gasteiger partial charge in [0.15, 0.2) is 25.2 Å². The zero-order valence-corrected chi connectivity index (χ0v) is 29.2. The van der Waals surface area contributed by atoms with Crippen molar-refractivity contribution in [3.05, 3.63) is 0 Å². The normalized spacial score (nSPS) is 46.4. The molecule has 0 spiro atoms. The first kappa shape index (κ1) is 44.8. The van der Waals surface area contributed by atoms with Crippen LogP contribution in [0.1, 0.15) is 13.8 Å². The second-order valence-corrected chi connectivity index (χ2v) is 13.4. The Morgan fingerprint density at radius 2 is 1.20 bits per heavy atom. The summed E-state index contributed by atoms with van der Waals surface area (Å²) in [4.78, 5) is 23.0. The van der Waals surface area contributed by atoms with Crippen molar-refractivity contribution >= 4 is 12.3 Å². The van der Waals surface area contributed by atoms with Crippen molar-refractivity contribution in [1.29, 1.82) is 0 Å². The van der Waals surface area contributed by atoms with Crippen LogP contribution in [0, 0.1) is 0 Å². The molecule has 4 fully saturated rings. The first-order valence-corrected chi connectivity index (χ1v) is 17.2. The topological polar surface area (TPSA) is 375 Å². The van der Waals surface area contributed by atoms with Crippen LogP contribution in [-0.2, 0) is 47.5 Å². The lowest BCUT2D eigenvalue weighted by Gasteiger charge is -2.48. The quantitative estimate of drug-likeness (QED) is 0.0645. The number of nitrogens with one attached hydrogen (secondary N) is 2. The van der Waals surface area contributed by atoms with Gasteiger partial charge in [0.1, 0.15) is 91.5 Å². The standard InChI is InChI=1S/C30H52N2O22/c1-9-16(38)19(41)22(44)29(49-9)54-26-15(32-10(2)37)27(50-12(4-34)18(26)40)48-7-14-17(39)20(42)23(45)30(52-14)53-25-13(5-35)51-28(24(46)21(25)43)47-6-11(3-33)31-8-36/h8-9,11-30,33-35,38-46H,3-7H2,1-2H3,(H,31,36)(H,32,37)/t9-,11+,12+,13+,14+,15+,16+,17-,18+,19+,20-,21+,22-,23+,24+,25+,26+,27+,28+,29-,30-/m0/s1. The minimum absolute atomic E-state index is 0.307. The number of aliphatic hydroxyl groups is 12. The van der Waals surface area contributed by atoms with Crippen molar-refractivity contribution < 1.29 is 109 Å². The number of ether oxygens (including phenoxy) is 8. The summed E-state index contributed by atoms with van der Waals surface area (Å²) in [7, 11) is 0. The molecule has 21 atom stereocenters. The third-order valence-electron chi connectivity index (χ3n) is 9.51. The molecule has 24 heteroatoms. The molecule has 0 aromatic carbocycles. The summed E-state index contributed by atoms with van der Waals surface area (Å²) < 4.78 is 44.9. The summed E-state index contributed by atoms with van der Waals surface area (Å²) in [5, 5.41) is 130. The monoisotopic (exact) mass is 792 g/mol. The molecule has 4 saturated heterocycles. The molecule has 0 aromatic heterocycles. The third-order valence-corrected chi connectivity index (χ3v) is 9.51. The Bertz CT molecular complexity index is 1180. The lowest BCUT2D eigenvalue weighted by Crippen LogP contribution is -2.68. The van der Waals surface area contributed by atoms with E-state index in [0.29, 0.717) is 6.41 Å². The van der Waals surface area contributed by atoms with Crippen LogP contribution in [0.2, 0.25) is 0 Å². The average Bonchev–Trinajstić information content (AvgIpc) is 3.14. The van der Waals surface area contributed by atoms with Gasteiger partial charge in [-0.25, -0.2) is 0 Å². The SMILES string of the molecule is CC(=O)N[C@H]1[C@H](OC[C@H]2O[C@@H](O[C@H]3[C@H](O)[C@@H](O)[C@H](OC[C@@H](CO)NC=O)O[C@@H]3CO)[C@H](O)[C@@H](O)[C@H]2O)O[C@H](CO)[C@@H](O)[C@@H]1O[C@@H]1O[C@@H](C)[C@@H](O)[C@@H](O)[C@@H]1O. The molecule has 0 unspecified atom stereocenters. The van der Waals surface area contributed by atoms with Crippen LogP contribution in [0.5, 0.6) is 0 Å². The molecule has 4 heterocycles. The molecule has 0 aliphatic carbocycles. The summed E-state index contributed by atoms with van der Waals surface area (Å²) >= 11 is 0. The Morgan fingerprint density at radius 3 is 1.80 bits per heavy atom. The maximum absolute atomic E-state index is 12.3. The van der Waals surface area contributed by atoms with Crippen molar-refractivity contribution in [2.24, 2.45) is 0 Å². The summed E-state index contributed by atoms with van der Waals surface area (Å²) in [6.07, 6.45) is -31.5. The van der Waals surface area contributed by atoms with Crippen LogP contribution in [0.25, 0.3) is 0 Å². The van der Waals surface area contributed by atoms with Crippen LogP contribution in [0.15, 0.2) is 0 Å². The van der Waals surface area contributed by atoms with Crippen LogP contribution >= 0.6 is 0 Å². The van der Waals surface area contributed by atoms with Gasteiger partial charge in [0, 0.05) is 6.92 Å². The number of carbonyl (C=O) groups excluding carboxylic acids is 2. The number of hydrogen-bond acceptors (Lipinski definition) is 22. The number of carbonyl (C=O) groups is 2. The first-order chi connectivity index (χ1) is 25.6. The van der Waals surface area contributed by atoms with Gasteiger partial charge in [-0.3, -0.25) is 9.59 Å². The fraction of sp³-hybridized carbons (Fsp3) is 0.933. The van der Waals surface area contributed by atoms with Crippen molar-refractivity contribution in [2.75, 3.05) is 33.0 Å². The van der Waals surface area contributed by atoms with E-state index in [1.54, 1.807) is 0 Å². The molecular formula is C30H52N2O22. The predicted octanol–water partition coefficient (Wildman–Crippen LogP) is -9.45. The lowest BCUT2D eigenvalue weighted by molar-refractivity contribution is -0.366. The molecular weight excluding hydrogens is 740 g/mol. The first-order valence-electron chi connectivity index (χ1n) is 17.2. The molecule has 54 heavy (non-hydrogen) atoms. The van der Waals surface area contributed by atoms with Gasteiger partial charge in [-0.2, -0.15) is 0 Å². The smallest absolute Gasteiger partial charge is 0.217 e. The van der Waals surface area contributed by atoms with Gasteiger partial charge in [-0.05, 0) is 6.92 Å². The number of amides is 2. The fourth-order valence-electron chi connectivity index (χ4n) is 6.37. The molecule has 24 nitrogen and oxygen atoms in total. The van der Waals surface area contributed by atoms with Gasteiger partial charge >= 0.3 is 0 Å². The van der Waals surface area contributed by atoms with E-state index in [9.17, 15) is 70.9 Å². The van der Waals surface area contributed by atoms with E-state index in [1.165, 1.54) is 6.92 Å². The van der Waals surface area contributed by atoms with Gasteiger partial charge in [0.25, 0.3) is 0 Å². The van der Waals surface area contributed by atoms with E-state index >= 15 is 0 Å². The Hall–Kier alpha value is -1.86. The predicted molar refractivity (Wildman–Crippen MR) is 168 cm³/mol. The largest absolute Gasteiger partial charge is 0.394 e. The minimum Gasteiger partial charge on any atom is -0.394 e. The van der Waals surface area contributed by atoms with Crippen molar-refractivity contribution in [3.8, 4) is 0 Å². The molecule has 2 amide bonds. The molecule has 0 radical (unpaired) electrons. The Balaban J connectivity index is 1.47. The highest BCUT2D eigenvalue weighted by Crippen LogP contribution is 2.32. The summed E-state index contributed by atoms with van der Waals surface area (Å²) in [5.41, 5.74) is 0. The van der Waals surface area contributed by atoms with E-state index in [0.717, 1.165) is 6.92 Å². The van der Waals surface area contributed by atoms with Crippen molar-refractivity contribution in [2.45, 2.75) is 143 Å². The highest BCUT2D eigenvalue weighted by molar-refractivity contribution is 5.73. The van der Waals surface area contributed by atoms with E-state index < -0.39 is 161 Å². The fourth-order valence-corrected chi connectivity index (χ4v) is 6.37. The zero-order valence-electron chi connectivity index (χ0n) is 29.2. The number of aliphatic hydroxyl groups excluding tert-OH is 12. The summed E-state index contributed by atoms with van der Waals surface area (Å²) in [6, 6.07) is -2.34. The van der Waals surface area contributed by atoms with Crippen LogP contribution in [0.3, 0.4) is 0 Å². The Labute approximate surface area is 307 Å². The third kappa shape index (κ3) is 10.2. The van der Waals surface area contributed by atoms with E-state index in [-0.39, 0.29) is 6.61 Å². The van der Waals surface area contributed by atoms with Crippen molar-refractivity contribution in [1.82, 2.24) is 10.6 Å². The Morgan fingerprint density at radius 1 is 0.648 bits per heavy atom. The highest BCUT2D eigenvalue weighted by Gasteiger charge is 2.54. The molecule has 4 rings (SSSR count). The molecule has 0 bridgehead atoms. The second kappa shape index (κ2) is 20.0. The van der Waals surface area contributed by atoms with Gasteiger partial charge in [-0.1, -0.05) is 0 Å². The van der Waals surface area contributed by atoms with Gasteiger partial charge < -0.3 is 110 Å². The lowest BCUT2D eigenvalue weighted by atomic mass is 9.95. The maximum atomic E-state index is 12.3. The summed E-state index contributed by atoms with van der Waals surface area (Å²) in [6.45, 7) is -0.802. The Kier molecular flexibility index (Phi) is 16.6. The second-order valence-electron chi connectivity index (χ2n) is 13.4. The summed E-state index contributed by atoms with van der Waals surface area (Å²) in [5.74, 6) is -0.692. The molecule has 4 aliphatic rings.